The van der Waals surface area contributed by atoms with Crippen molar-refractivity contribution in [2.24, 2.45) is 0 Å². The minimum atomic E-state index is -0.757. The molecule has 0 aliphatic heterocycles. The Hall–Kier alpha value is -0.530. The van der Waals surface area contributed by atoms with Crippen molar-refractivity contribution in [3.8, 4) is 0 Å². The van der Waals surface area contributed by atoms with E-state index in [1.807, 2.05) is 27.7 Å². The lowest BCUT2D eigenvalue weighted by atomic mass is 9.98. The Balaban J connectivity index is 3.59. The van der Waals surface area contributed by atoms with Crippen LogP contribution in [0.5, 0.6) is 0 Å². The fourth-order valence-electron chi connectivity index (χ4n) is 2.08. The summed E-state index contributed by atoms with van der Waals surface area (Å²) in [5.41, 5.74) is -0.757. The van der Waals surface area contributed by atoms with Gasteiger partial charge in [0.05, 0.1) is 45.7 Å². The largest absolute Gasteiger partial charge is 0.382 e. The molecule has 0 unspecified atom stereocenters. The van der Waals surface area contributed by atoms with Crippen LogP contribution in [-0.2, 0) is 28.5 Å². The van der Waals surface area contributed by atoms with Gasteiger partial charge in [-0.15, -0.1) is 0 Å². The van der Waals surface area contributed by atoms with Gasteiger partial charge in [-0.1, -0.05) is 6.42 Å². The maximum absolute atomic E-state index is 12.2. The second kappa shape index (κ2) is 15.7. The smallest absolute Gasteiger partial charge is 0.164 e. The van der Waals surface area contributed by atoms with E-state index in [1.54, 1.807) is 7.11 Å². The first-order chi connectivity index (χ1) is 11.9. The molecule has 0 N–H and O–H groups in total. The number of carbonyl (C=O) groups excluding carboxylic acids is 1. The second-order valence-corrected chi connectivity index (χ2v) is 6.73. The van der Waals surface area contributed by atoms with Crippen LogP contribution in [0.3, 0.4) is 0 Å². The number of ether oxygens (including phenoxy) is 5. The highest BCUT2D eigenvalue weighted by molar-refractivity contribution is 5.86. The first-order valence-corrected chi connectivity index (χ1v) is 9.33. The molecule has 0 heterocycles. The van der Waals surface area contributed by atoms with Crippen LogP contribution in [-0.4, -0.2) is 70.8 Å². The van der Waals surface area contributed by atoms with E-state index in [-0.39, 0.29) is 11.9 Å². The molecule has 0 aromatic heterocycles. The van der Waals surface area contributed by atoms with Gasteiger partial charge in [0, 0.05) is 20.1 Å². The van der Waals surface area contributed by atoms with Crippen LogP contribution in [0.25, 0.3) is 0 Å². The van der Waals surface area contributed by atoms with E-state index in [1.165, 1.54) is 0 Å². The van der Waals surface area contributed by atoms with Gasteiger partial charge >= 0.3 is 0 Å². The summed E-state index contributed by atoms with van der Waals surface area (Å²) in [5.74, 6) is 0.139. The van der Waals surface area contributed by atoms with Crippen LogP contribution in [0.1, 0.15) is 53.4 Å². The number of hydrogen-bond donors (Lipinski definition) is 0. The molecule has 0 aliphatic rings. The van der Waals surface area contributed by atoms with Gasteiger partial charge in [0.2, 0.25) is 0 Å². The third-order valence-corrected chi connectivity index (χ3v) is 3.67. The van der Waals surface area contributed by atoms with E-state index >= 15 is 0 Å². The molecule has 0 aromatic carbocycles. The third-order valence-electron chi connectivity index (χ3n) is 3.67. The first-order valence-electron chi connectivity index (χ1n) is 9.33. The molecule has 0 amide bonds. The lowest BCUT2D eigenvalue weighted by Gasteiger charge is -2.24. The third kappa shape index (κ3) is 15.4. The van der Waals surface area contributed by atoms with Gasteiger partial charge in [-0.05, 0) is 40.5 Å². The molecule has 0 aliphatic carbocycles. The van der Waals surface area contributed by atoms with Crippen LogP contribution >= 0.6 is 0 Å². The summed E-state index contributed by atoms with van der Waals surface area (Å²) in [5, 5.41) is 0. The Morgan fingerprint density at radius 1 is 0.840 bits per heavy atom. The molecule has 0 bridgehead atoms. The summed E-state index contributed by atoms with van der Waals surface area (Å²) in [6.45, 7) is 11.5. The number of hydrogen-bond acceptors (Lipinski definition) is 6. The van der Waals surface area contributed by atoms with Crippen molar-refractivity contribution in [1.29, 1.82) is 0 Å². The van der Waals surface area contributed by atoms with Crippen LogP contribution in [0.2, 0.25) is 0 Å². The highest BCUT2D eigenvalue weighted by atomic mass is 16.6. The summed E-state index contributed by atoms with van der Waals surface area (Å²) in [7, 11) is 1.64. The zero-order valence-corrected chi connectivity index (χ0v) is 16.8. The average molecular weight is 363 g/mol. The van der Waals surface area contributed by atoms with Gasteiger partial charge in [0.1, 0.15) is 5.60 Å². The molecule has 0 radical (unpaired) electrons. The number of rotatable bonds is 18. The van der Waals surface area contributed by atoms with Gasteiger partial charge in [0.15, 0.2) is 5.78 Å². The van der Waals surface area contributed by atoms with Crippen LogP contribution in [0.4, 0.5) is 0 Å². The summed E-state index contributed by atoms with van der Waals surface area (Å²) < 4.78 is 26.8. The maximum atomic E-state index is 12.2. The Kier molecular flexibility index (Phi) is 15.4. The maximum Gasteiger partial charge on any atom is 0.164 e. The molecule has 0 aromatic rings. The fraction of sp³-hybridized carbons (Fsp3) is 0.947. The summed E-state index contributed by atoms with van der Waals surface area (Å²) in [6.07, 6.45) is 3.69. The minimum absolute atomic E-state index is 0.139. The van der Waals surface area contributed by atoms with Crippen molar-refractivity contribution < 1.29 is 28.5 Å². The molecule has 0 spiro atoms. The fourth-order valence-corrected chi connectivity index (χ4v) is 2.08. The van der Waals surface area contributed by atoms with E-state index in [9.17, 15) is 4.79 Å². The monoisotopic (exact) mass is 362 g/mol. The van der Waals surface area contributed by atoms with Crippen molar-refractivity contribution in [3.05, 3.63) is 0 Å². The summed E-state index contributed by atoms with van der Waals surface area (Å²) in [4.78, 5) is 12.2. The standard InChI is InChI=1S/C19H38O6/c1-17(2)24-10-8-6-7-9-18(20)19(3,4)25-16-15-23-14-13-22-12-11-21-5/h17H,6-16H2,1-5H3. The van der Waals surface area contributed by atoms with Gasteiger partial charge in [-0.25, -0.2) is 0 Å². The second-order valence-electron chi connectivity index (χ2n) is 6.73. The number of Topliss-reactive ketones (excluding diaryl/α,β-unsaturated/α-hetero) is 1. The Bertz CT molecular complexity index is 317. The van der Waals surface area contributed by atoms with E-state index in [4.69, 9.17) is 23.7 Å². The number of carbonyl (C=O) groups is 1. The lowest BCUT2D eigenvalue weighted by molar-refractivity contribution is -0.142. The zero-order chi connectivity index (χ0) is 19.0. The van der Waals surface area contributed by atoms with E-state index in [0.29, 0.717) is 46.1 Å². The highest BCUT2D eigenvalue weighted by Gasteiger charge is 2.27. The highest BCUT2D eigenvalue weighted by Crippen LogP contribution is 2.15. The van der Waals surface area contributed by atoms with Crippen molar-refractivity contribution in [1.82, 2.24) is 0 Å². The van der Waals surface area contributed by atoms with Gasteiger partial charge in [-0.2, -0.15) is 0 Å². The summed E-state index contributed by atoms with van der Waals surface area (Å²) in [6, 6.07) is 0. The van der Waals surface area contributed by atoms with Crippen LogP contribution in [0.15, 0.2) is 0 Å². The number of unbranched alkanes of at least 4 members (excludes halogenated alkanes) is 2. The molecule has 0 fully saturated rings. The predicted molar refractivity (Wildman–Crippen MR) is 98.1 cm³/mol. The van der Waals surface area contributed by atoms with E-state index in [0.717, 1.165) is 25.9 Å². The van der Waals surface area contributed by atoms with Gasteiger partial charge in [0.25, 0.3) is 0 Å². The Labute approximate surface area is 153 Å². The zero-order valence-electron chi connectivity index (χ0n) is 16.8. The molecule has 6 nitrogen and oxygen atoms in total. The molecular formula is C19H38O6. The Morgan fingerprint density at radius 3 is 2.04 bits per heavy atom. The summed E-state index contributed by atoms with van der Waals surface area (Å²) >= 11 is 0. The molecule has 0 atom stereocenters. The molecule has 25 heavy (non-hydrogen) atoms. The van der Waals surface area contributed by atoms with Crippen molar-refractivity contribution >= 4 is 5.78 Å². The van der Waals surface area contributed by atoms with Gasteiger partial charge < -0.3 is 23.7 Å². The van der Waals surface area contributed by atoms with Crippen molar-refractivity contribution in [2.45, 2.75) is 65.1 Å². The van der Waals surface area contributed by atoms with Crippen LogP contribution in [0, 0.1) is 0 Å². The SMILES string of the molecule is COCCOCCOCCOC(C)(C)C(=O)CCCCCOC(C)C. The molecule has 0 rings (SSSR count). The quantitative estimate of drug-likeness (QED) is 0.349. The van der Waals surface area contributed by atoms with E-state index < -0.39 is 5.60 Å². The number of ketones is 1. The van der Waals surface area contributed by atoms with Gasteiger partial charge in [-0.3, -0.25) is 4.79 Å². The van der Waals surface area contributed by atoms with Crippen molar-refractivity contribution in [3.63, 3.8) is 0 Å². The van der Waals surface area contributed by atoms with Crippen molar-refractivity contribution in [2.75, 3.05) is 53.4 Å². The Morgan fingerprint density at radius 2 is 1.44 bits per heavy atom. The normalized spacial score (nSPS) is 12.1. The molecule has 0 saturated carbocycles. The average Bonchev–Trinajstić information content (AvgIpc) is 2.56. The molecule has 6 heteroatoms. The molecule has 150 valence electrons. The number of methoxy groups -OCH3 is 1. The first kappa shape index (κ1) is 24.5. The van der Waals surface area contributed by atoms with Crippen LogP contribution < -0.4 is 0 Å². The minimum Gasteiger partial charge on any atom is -0.382 e. The lowest BCUT2D eigenvalue weighted by Crippen LogP contribution is -2.36. The topological polar surface area (TPSA) is 63.2 Å². The molecule has 0 saturated heterocycles. The predicted octanol–water partition coefficient (Wildman–Crippen LogP) is 3.02. The molecular weight excluding hydrogens is 324 g/mol. The van der Waals surface area contributed by atoms with E-state index in [2.05, 4.69) is 0 Å².